The molecule has 0 spiro atoms. The number of aryl methyl sites for hydroxylation is 1. The van der Waals surface area contributed by atoms with E-state index in [1.54, 1.807) is 13.0 Å². The molecule has 3 nitrogen and oxygen atoms in total. The number of benzene rings is 1. The van der Waals surface area contributed by atoms with Crippen molar-refractivity contribution in [2.24, 2.45) is 0 Å². The monoisotopic (exact) mass is 247 g/mol. The van der Waals surface area contributed by atoms with Crippen molar-refractivity contribution in [2.45, 2.75) is 18.7 Å². The van der Waals surface area contributed by atoms with Gasteiger partial charge in [-0.3, -0.25) is 0 Å². The van der Waals surface area contributed by atoms with Crippen LogP contribution >= 0.6 is 11.8 Å². The van der Waals surface area contributed by atoms with Crippen LogP contribution in [0.1, 0.15) is 18.1 Å². The van der Waals surface area contributed by atoms with E-state index < -0.39 is 5.97 Å². The SMILES string of the molecule is CSc1ccc(C)cc1C(C)=C(C#N)C(=O)O. The van der Waals surface area contributed by atoms with Crippen molar-refractivity contribution in [2.75, 3.05) is 6.26 Å². The minimum Gasteiger partial charge on any atom is -0.477 e. The fourth-order valence-electron chi connectivity index (χ4n) is 1.54. The molecule has 0 unspecified atom stereocenters. The second-order valence-electron chi connectivity index (χ2n) is 3.62. The summed E-state index contributed by atoms with van der Waals surface area (Å²) < 4.78 is 0. The van der Waals surface area contributed by atoms with Gasteiger partial charge in [-0.2, -0.15) is 5.26 Å². The Morgan fingerprint density at radius 2 is 2.12 bits per heavy atom. The Hall–Kier alpha value is -1.73. The Morgan fingerprint density at radius 1 is 1.47 bits per heavy atom. The predicted octanol–water partition coefficient (Wildman–Crippen LogP) is 3.10. The molecule has 0 fully saturated rings. The number of thioether (sulfide) groups is 1. The Balaban J connectivity index is 3.48. The van der Waals surface area contributed by atoms with E-state index in [-0.39, 0.29) is 5.57 Å². The van der Waals surface area contributed by atoms with Crippen molar-refractivity contribution in [3.05, 3.63) is 34.9 Å². The van der Waals surface area contributed by atoms with Crippen LogP contribution in [-0.2, 0) is 4.79 Å². The lowest BCUT2D eigenvalue weighted by atomic mass is 10.0. The van der Waals surface area contributed by atoms with Crippen LogP contribution in [0.15, 0.2) is 28.7 Å². The van der Waals surface area contributed by atoms with Gasteiger partial charge in [-0.05, 0) is 37.3 Å². The van der Waals surface area contributed by atoms with Gasteiger partial charge in [0.25, 0.3) is 0 Å². The lowest BCUT2D eigenvalue weighted by molar-refractivity contribution is -0.132. The Kier molecular flexibility index (Phi) is 4.36. The van der Waals surface area contributed by atoms with E-state index >= 15 is 0 Å². The first-order valence-corrected chi connectivity index (χ1v) is 6.23. The van der Waals surface area contributed by atoms with E-state index in [0.29, 0.717) is 5.57 Å². The highest BCUT2D eigenvalue weighted by Gasteiger charge is 2.14. The van der Waals surface area contributed by atoms with Crippen molar-refractivity contribution in [3.63, 3.8) is 0 Å². The summed E-state index contributed by atoms with van der Waals surface area (Å²) in [5.74, 6) is -1.18. The van der Waals surface area contributed by atoms with Gasteiger partial charge in [-0.1, -0.05) is 17.7 Å². The number of aliphatic carboxylic acids is 1. The van der Waals surface area contributed by atoms with Crippen LogP contribution in [0.25, 0.3) is 5.57 Å². The molecular weight excluding hydrogens is 234 g/mol. The van der Waals surface area contributed by atoms with Crippen LogP contribution in [0.5, 0.6) is 0 Å². The minimum absolute atomic E-state index is 0.203. The number of hydrogen-bond acceptors (Lipinski definition) is 3. The maximum Gasteiger partial charge on any atom is 0.346 e. The van der Waals surface area contributed by atoms with E-state index in [1.807, 2.05) is 31.4 Å². The summed E-state index contributed by atoms with van der Waals surface area (Å²) in [4.78, 5) is 11.9. The maximum atomic E-state index is 10.9. The summed E-state index contributed by atoms with van der Waals surface area (Å²) in [5.41, 5.74) is 2.16. The topological polar surface area (TPSA) is 61.1 Å². The molecule has 0 radical (unpaired) electrons. The second kappa shape index (κ2) is 5.55. The molecule has 1 aromatic carbocycles. The number of nitriles is 1. The average Bonchev–Trinajstić information content (AvgIpc) is 2.29. The molecule has 0 aliphatic carbocycles. The molecule has 0 aliphatic heterocycles. The molecule has 17 heavy (non-hydrogen) atoms. The van der Waals surface area contributed by atoms with Crippen LogP contribution < -0.4 is 0 Å². The molecule has 0 saturated heterocycles. The molecule has 1 aromatic rings. The minimum atomic E-state index is -1.18. The van der Waals surface area contributed by atoms with E-state index in [1.165, 1.54) is 11.8 Å². The average molecular weight is 247 g/mol. The molecule has 0 bridgehead atoms. The summed E-state index contributed by atoms with van der Waals surface area (Å²) in [7, 11) is 0. The first kappa shape index (κ1) is 13.3. The first-order valence-electron chi connectivity index (χ1n) is 5.00. The van der Waals surface area contributed by atoms with Crippen LogP contribution in [-0.4, -0.2) is 17.3 Å². The van der Waals surface area contributed by atoms with Gasteiger partial charge >= 0.3 is 5.97 Å². The number of carbonyl (C=O) groups is 1. The number of allylic oxidation sites excluding steroid dienone is 1. The molecule has 88 valence electrons. The van der Waals surface area contributed by atoms with Crippen LogP contribution in [0, 0.1) is 18.3 Å². The molecule has 0 amide bonds. The highest BCUT2D eigenvalue weighted by Crippen LogP contribution is 2.29. The molecule has 0 heterocycles. The first-order chi connectivity index (χ1) is 8.01. The Morgan fingerprint density at radius 3 is 2.59 bits per heavy atom. The zero-order chi connectivity index (χ0) is 13.0. The van der Waals surface area contributed by atoms with Gasteiger partial charge in [0.15, 0.2) is 0 Å². The quantitative estimate of drug-likeness (QED) is 0.506. The zero-order valence-electron chi connectivity index (χ0n) is 9.94. The fourth-order valence-corrected chi connectivity index (χ4v) is 2.18. The number of carboxylic acid groups (broad SMARTS) is 1. The molecule has 1 rings (SSSR count). The van der Waals surface area contributed by atoms with E-state index in [2.05, 4.69) is 0 Å². The lowest BCUT2D eigenvalue weighted by Crippen LogP contribution is -2.01. The standard InChI is InChI=1S/C13H13NO2S/c1-8-4-5-12(17-3)10(6-8)9(2)11(7-14)13(15)16/h4-6H,1-3H3,(H,15,16). The van der Waals surface area contributed by atoms with Crippen molar-refractivity contribution in [1.29, 1.82) is 5.26 Å². The van der Waals surface area contributed by atoms with Gasteiger partial charge in [0.05, 0.1) is 0 Å². The molecule has 1 N–H and O–H groups in total. The van der Waals surface area contributed by atoms with E-state index in [4.69, 9.17) is 10.4 Å². The van der Waals surface area contributed by atoms with Gasteiger partial charge in [0.2, 0.25) is 0 Å². The van der Waals surface area contributed by atoms with Gasteiger partial charge in [0, 0.05) is 4.90 Å². The number of carboxylic acids is 1. The zero-order valence-corrected chi connectivity index (χ0v) is 10.8. The van der Waals surface area contributed by atoms with Crippen LogP contribution in [0.4, 0.5) is 0 Å². The smallest absolute Gasteiger partial charge is 0.346 e. The van der Waals surface area contributed by atoms with Crippen molar-refractivity contribution in [1.82, 2.24) is 0 Å². The Labute approximate surface area is 105 Å². The van der Waals surface area contributed by atoms with E-state index in [9.17, 15) is 4.79 Å². The Bertz CT molecular complexity index is 527. The fraction of sp³-hybridized carbons (Fsp3) is 0.231. The van der Waals surface area contributed by atoms with Crippen molar-refractivity contribution < 1.29 is 9.90 Å². The molecule has 0 aliphatic rings. The second-order valence-corrected chi connectivity index (χ2v) is 4.47. The molecule has 0 saturated carbocycles. The van der Waals surface area contributed by atoms with Crippen LogP contribution in [0.2, 0.25) is 0 Å². The summed E-state index contributed by atoms with van der Waals surface area (Å²) in [5, 5.41) is 17.8. The summed E-state index contributed by atoms with van der Waals surface area (Å²) >= 11 is 1.54. The van der Waals surface area contributed by atoms with Gasteiger partial charge in [0.1, 0.15) is 11.6 Å². The highest BCUT2D eigenvalue weighted by molar-refractivity contribution is 7.98. The normalized spacial score (nSPS) is 11.6. The maximum absolute atomic E-state index is 10.9. The predicted molar refractivity (Wildman–Crippen MR) is 68.8 cm³/mol. The van der Waals surface area contributed by atoms with Gasteiger partial charge in [-0.15, -0.1) is 11.8 Å². The van der Waals surface area contributed by atoms with E-state index in [0.717, 1.165) is 16.0 Å². The van der Waals surface area contributed by atoms with Crippen molar-refractivity contribution in [3.8, 4) is 6.07 Å². The summed E-state index contributed by atoms with van der Waals surface area (Å²) in [6.45, 7) is 3.61. The third-order valence-electron chi connectivity index (χ3n) is 2.46. The number of nitrogens with zero attached hydrogens (tertiary/aromatic N) is 1. The van der Waals surface area contributed by atoms with Crippen molar-refractivity contribution >= 4 is 23.3 Å². The number of rotatable bonds is 3. The lowest BCUT2D eigenvalue weighted by Gasteiger charge is -2.09. The van der Waals surface area contributed by atoms with Gasteiger partial charge < -0.3 is 5.11 Å². The highest BCUT2D eigenvalue weighted by atomic mass is 32.2. The third kappa shape index (κ3) is 2.89. The summed E-state index contributed by atoms with van der Waals surface area (Å²) in [6.07, 6.45) is 1.92. The molecular formula is C13H13NO2S. The largest absolute Gasteiger partial charge is 0.477 e. The number of hydrogen-bond donors (Lipinski definition) is 1. The molecule has 0 aromatic heterocycles. The summed E-state index contributed by atoms with van der Waals surface area (Å²) in [6, 6.07) is 7.55. The van der Waals surface area contributed by atoms with Crippen LogP contribution in [0.3, 0.4) is 0 Å². The molecule has 4 heteroatoms. The molecule has 0 atom stereocenters. The van der Waals surface area contributed by atoms with Gasteiger partial charge in [-0.25, -0.2) is 4.79 Å². The third-order valence-corrected chi connectivity index (χ3v) is 3.26.